The minimum Gasteiger partial charge on any atom is -0.374 e. The third kappa shape index (κ3) is 2.86. The van der Waals surface area contributed by atoms with Crippen LogP contribution < -0.4 is 5.73 Å². The number of nitrogens with zero attached hydrogens (tertiary/aromatic N) is 1. The summed E-state index contributed by atoms with van der Waals surface area (Å²) in [5.74, 6) is -0.582. The Labute approximate surface area is 146 Å². The van der Waals surface area contributed by atoms with Gasteiger partial charge in [-0.15, -0.1) is 0 Å². The van der Waals surface area contributed by atoms with Crippen LogP contribution in [0.3, 0.4) is 0 Å². The van der Waals surface area contributed by atoms with E-state index >= 15 is 0 Å². The predicted octanol–water partition coefficient (Wildman–Crippen LogP) is 4.06. The van der Waals surface area contributed by atoms with E-state index in [-0.39, 0.29) is 11.7 Å². The van der Waals surface area contributed by atoms with Gasteiger partial charge in [-0.2, -0.15) is 0 Å². The number of aromatic amines is 1. The molecule has 0 fully saturated rings. The first-order valence-electron chi connectivity index (χ1n) is 8.18. The highest BCUT2D eigenvalue weighted by Gasteiger charge is 2.24. The first-order valence-corrected chi connectivity index (χ1v) is 8.18. The van der Waals surface area contributed by atoms with E-state index in [1.165, 1.54) is 6.07 Å². The Morgan fingerprint density at radius 3 is 2.64 bits per heavy atom. The molecule has 2 heterocycles. The SMILES string of the molecule is C=Cc1ccc(C(C)c2c(F)cc(C(N)O)c3[nH]c(C)c(C)c23)cn1. The van der Waals surface area contributed by atoms with Gasteiger partial charge in [-0.1, -0.05) is 19.6 Å². The number of nitrogens with two attached hydrogens (primary N) is 1. The van der Waals surface area contributed by atoms with Gasteiger partial charge in [0.15, 0.2) is 0 Å². The summed E-state index contributed by atoms with van der Waals surface area (Å²) in [5.41, 5.74) is 10.8. The molecule has 0 amide bonds. The number of rotatable bonds is 4. The van der Waals surface area contributed by atoms with Crippen molar-refractivity contribution in [3.63, 3.8) is 0 Å². The van der Waals surface area contributed by atoms with E-state index in [4.69, 9.17) is 5.73 Å². The molecule has 0 radical (unpaired) electrons. The first kappa shape index (κ1) is 17.3. The number of H-pyrrole nitrogens is 1. The molecular weight excluding hydrogens is 317 g/mol. The maximum atomic E-state index is 15.0. The predicted molar refractivity (Wildman–Crippen MR) is 98.7 cm³/mol. The molecule has 130 valence electrons. The molecule has 4 N–H and O–H groups in total. The minimum atomic E-state index is -1.24. The molecule has 0 aliphatic rings. The first-order chi connectivity index (χ1) is 11.8. The molecule has 0 aliphatic heterocycles. The van der Waals surface area contributed by atoms with Crippen molar-refractivity contribution in [3.05, 3.63) is 70.4 Å². The molecule has 1 aromatic carbocycles. The van der Waals surface area contributed by atoms with Gasteiger partial charge >= 0.3 is 0 Å². The van der Waals surface area contributed by atoms with Crippen molar-refractivity contribution >= 4 is 17.0 Å². The molecule has 2 unspecified atom stereocenters. The molecule has 3 aromatic rings. The lowest BCUT2D eigenvalue weighted by molar-refractivity contribution is 0.187. The average molecular weight is 339 g/mol. The Balaban J connectivity index is 2.26. The Morgan fingerprint density at radius 1 is 1.36 bits per heavy atom. The highest BCUT2D eigenvalue weighted by atomic mass is 19.1. The van der Waals surface area contributed by atoms with Crippen molar-refractivity contribution < 1.29 is 9.50 Å². The summed E-state index contributed by atoms with van der Waals surface area (Å²) >= 11 is 0. The summed E-state index contributed by atoms with van der Waals surface area (Å²) in [6.45, 7) is 9.51. The Hall–Kier alpha value is -2.50. The number of benzene rings is 1. The third-order valence-corrected chi connectivity index (χ3v) is 4.87. The molecular formula is C20H22FN3O. The maximum Gasteiger partial charge on any atom is 0.130 e. The van der Waals surface area contributed by atoms with E-state index < -0.39 is 6.23 Å². The zero-order valence-electron chi connectivity index (χ0n) is 14.6. The molecule has 3 rings (SSSR count). The van der Waals surface area contributed by atoms with Crippen LogP contribution in [0, 0.1) is 19.7 Å². The van der Waals surface area contributed by atoms with Crippen LogP contribution in [0.25, 0.3) is 17.0 Å². The fraction of sp³-hybridized carbons (Fsp3) is 0.250. The van der Waals surface area contributed by atoms with E-state index in [1.807, 2.05) is 32.9 Å². The van der Waals surface area contributed by atoms with Gasteiger partial charge in [-0.05, 0) is 43.2 Å². The zero-order chi connectivity index (χ0) is 18.3. The molecule has 0 saturated heterocycles. The number of aromatic nitrogens is 2. The molecule has 0 bridgehead atoms. The number of aryl methyl sites for hydroxylation is 2. The van der Waals surface area contributed by atoms with E-state index in [1.54, 1.807) is 12.3 Å². The summed E-state index contributed by atoms with van der Waals surface area (Å²) < 4.78 is 15.0. The Bertz CT molecular complexity index is 942. The molecule has 5 heteroatoms. The van der Waals surface area contributed by atoms with Crippen LogP contribution in [0.4, 0.5) is 4.39 Å². The van der Waals surface area contributed by atoms with Gasteiger partial charge in [0.05, 0.1) is 11.2 Å². The standard InChI is InChI=1S/C20H22FN3O/c1-5-14-7-6-13(9-23-14)11(3)17-16(21)8-15(20(22)25)19-18(17)10(2)12(4)24-19/h5-9,11,20,24-25H,1,22H2,2-4H3. The van der Waals surface area contributed by atoms with Gasteiger partial charge in [-0.25, -0.2) is 4.39 Å². The number of pyridine rings is 1. The molecule has 2 aromatic heterocycles. The van der Waals surface area contributed by atoms with Gasteiger partial charge in [0.2, 0.25) is 0 Å². The lowest BCUT2D eigenvalue weighted by Gasteiger charge is -2.18. The smallest absolute Gasteiger partial charge is 0.130 e. The summed E-state index contributed by atoms with van der Waals surface area (Å²) in [7, 11) is 0. The Kier molecular flexibility index (Phi) is 4.45. The fourth-order valence-electron chi connectivity index (χ4n) is 3.29. The highest BCUT2D eigenvalue weighted by molar-refractivity contribution is 5.91. The van der Waals surface area contributed by atoms with Crippen molar-refractivity contribution in [1.29, 1.82) is 0 Å². The highest BCUT2D eigenvalue weighted by Crippen LogP contribution is 2.38. The molecule has 0 aliphatic carbocycles. The third-order valence-electron chi connectivity index (χ3n) is 4.87. The number of aliphatic hydroxyl groups excluding tert-OH is 1. The molecule has 0 spiro atoms. The summed E-state index contributed by atoms with van der Waals surface area (Å²) in [5, 5.41) is 10.6. The average Bonchev–Trinajstić information content (AvgIpc) is 2.89. The topological polar surface area (TPSA) is 74.9 Å². The van der Waals surface area contributed by atoms with Crippen molar-refractivity contribution in [2.75, 3.05) is 0 Å². The summed E-state index contributed by atoms with van der Waals surface area (Å²) in [6, 6.07) is 5.11. The summed E-state index contributed by atoms with van der Waals surface area (Å²) in [6.07, 6.45) is 2.17. The number of nitrogens with one attached hydrogen (secondary N) is 1. The summed E-state index contributed by atoms with van der Waals surface area (Å²) in [4.78, 5) is 7.55. The Morgan fingerprint density at radius 2 is 2.08 bits per heavy atom. The van der Waals surface area contributed by atoms with Crippen molar-refractivity contribution in [3.8, 4) is 0 Å². The number of fused-ring (bicyclic) bond motifs is 1. The van der Waals surface area contributed by atoms with E-state index in [2.05, 4.69) is 16.5 Å². The second-order valence-corrected chi connectivity index (χ2v) is 6.37. The van der Waals surface area contributed by atoms with Crippen LogP contribution in [0.2, 0.25) is 0 Å². The van der Waals surface area contributed by atoms with Gasteiger partial charge in [0.1, 0.15) is 12.0 Å². The quantitative estimate of drug-likeness (QED) is 0.627. The van der Waals surface area contributed by atoms with Crippen LogP contribution in [0.5, 0.6) is 0 Å². The lowest BCUT2D eigenvalue weighted by atomic mass is 9.88. The van der Waals surface area contributed by atoms with Crippen LogP contribution in [-0.2, 0) is 0 Å². The van der Waals surface area contributed by atoms with Crippen LogP contribution in [-0.4, -0.2) is 15.1 Å². The van der Waals surface area contributed by atoms with Crippen LogP contribution in [0.1, 0.15) is 52.7 Å². The second kappa shape index (κ2) is 6.43. The van der Waals surface area contributed by atoms with Gasteiger partial charge in [0, 0.05) is 34.3 Å². The van der Waals surface area contributed by atoms with E-state index in [9.17, 15) is 9.50 Å². The van der Waals surface area contributed by atoms with Crippen LogP contribution in [0.15, 0.2) is 31.0 Å². The van der Waals surface area contributed by atoms with Gasteiger partial charge in [-0.3, -0.25) is 4.98 Å². The van der Waals surface area contributed by atoms with Crippen molar-refractivity contribution in [2.45, 2.75) is 32.9 Å². The maximum absolute atomic E-state index is 15.0. The fourth-order valence-corrected chi connectivity index (χ4v) is 3.29. The van der Waals surface area contributed by atoms with E-state index in [0.717, 1.165) is 27.9 Å². The van der Waals surface area contributed by atoms with Gasteiger partial charge in [0.25, 0.3) is 0 Å². The lowest BCUT2D eigenvalue weighted by Crippen LogP contribution is -2.11. The zero-order valence-corrected chi connectivity index (χ0v) is 14.6. The van der Waals surface area contributed by atoms with E-state index in [0.29, 0.717) is 16.6 Å². The minimum absolute atomic E-state index is 0.202. The number of aliphatic hydroxyl groups is 1. The molecule has 4 nitrogen and oxygen atoms in total. The molecule has 2 atom stereocenters. The van der Waals surface area contributed by atoms with Crippen LogP contribution >= 0.6 is 0 Å². The van der Waals surface area contributed by atoms with Gasteiger partial charge < -0.3 is 15.8 Å². The normalized spacial score (nSPS) is 13.8. The largest absolute Gasteiger partial charge is 0.374 e. The monoisotopic (exact) mass is 339 g/mol. The number of hydrogen-bond acceptors (Lipinski definition) is 3. The second-order valence-electron chi connectivity index (χ2n) is 6.37. The molecule has 25 heavy (non-hydrogen) atoms. The van der Waals surface area contributed by atoms with Crippen molar-refractivity contribution in [2.24, 2.45) is 5.73 Å². The van der Waals surface area contributed by atoms with Crippen molar-refractivity contribution in [1.82, 2.24) is 9.97 Å². The number of hydrogen-bond donors (Lipinski definition) is 3. The molecule has 0 saturated carbocycles. The number of halogens is 1.